The number of nitrogens with zero attached hydrogens (tertiary/aromatic N) is 4. The fourth-order valence-electron chi connectivity index (χ4n) is 5.63. The van der Waals surface area contributed by atoms with Crippen LogP contribution in [0.15, 0.2) is 6.33 Å². The van der Waals surface area contributed by atoms with Crippen LogP contribution >= 0.6 is 11.3 Å². The summed E-state index contributed by atoms with van der Waals surface area (Å²) in [6.45, 7) is 0. The number of carbonyl (C=O) groups excluding carboxylic acids is 1. The minimum Gasteiger partial charge on any atom is -0.301 e. The highest BCUT2D eigenvalue weighted by molar-refractivity contribution is 7.15. The zero-order valence-electron chi connectivity index (χ0n) is 14.1. The average Bonchev–Trinajstić information content (AvgIpc) is 3.23. The summed E-state index contributed by atoms with van der Waals surface area (Å²) in [6.07, 6.45) is 10.4. The van der Waals surface area contributed by atoms with Crippen molar-refractivity contribution < 1.29 is 4.79 Å². The van der Waals surface area contributed by atoms with E-state index in [1.807, 2.05) is 0 Å². The minimum absolute atomic E-state index is 0.0513. The standard InChI is InChI=1S/C17H22N6OS/c24-14(2-1-13-18-9-19-21-13)20-16-23-22-15(25-16)17-6-10-3-11(7-17)5-12(4-10)8-17/h9-12H,1-8H2,(H,18,19,21)(H,20,23,24). The van der Waals surface area contributed by atoms with E-state index in [0.717, 1.165) is 28.6 Å². The second-order valence-corrected chi connectivity index (χ2v) is 9.07. The Kier molecular flexibility index (Phi) is 3.62. The molecule has 0 radical (unpaired) electrons. The molecule has 8 heteroatoms. The number of hydrogen-bond donors (Lipinski definition) is 2. The van der Waals surface area contributed by atoms with Crippen LogP contribution in [-0.4, -0.2) is 31.3 Å². The lowest BCUT2D eigenvalue weighted by molar-refractivity contribution is -0.116. The van der Waals surface area contributed by atoms with Crippen LogP contribution in [0.25, 0.3) is 0 Å². The Morgan fingerprint density at radius 1 is 1.20 bits per heavy atom. The summed E-state index contributed by atoms with van der Waals surface area (Å²) in [5.41, 5.74) is 0.245. The Balaban J connectivity index is 1.25. The quantitative estimate of drug-likeness (QED) is 0.856. The molecule has 4 fully saturated rings. The van der Waals surface area contributed by atoms with Gasteiger partial charge in [-0.1, -0.05) is 11.3 Å². The van der Waals surface area contributed by atoms with Gasteiger partial charge in [-0.25, -0.2) is 4.98 Å². The fraction of sp³-hybridized carbons (Fsp3) is 0.706. The van der Waals surface area contributed by atoms with E-state index in [1.165, 1.54) is 44.9 Å². The van der Waals surface area contributed by atoms with Crippen molar-refractivity contribution in [2.24, 2.45) is 17.8 Å². The number of anilines is 1. The van der Waals surface area contributed by atoms with Gasteiger partial charge in [0, 0.05) is 18.3 Å². The molecule has 1 amide bonds. The van der Waals surface area contributed by atoms with Gasteiger partial charge in [0.05, 0.1) is 0 Å². The van der Waals surface area contributed by atoms with E-state index in [1.54, 1.807) is 11.3 Å². The van der Waals surface area contributed by atoms with E-state index < -0.39 is 0 Å². The van der Waals surface area contributed by atoms with Crippen LogP contribution in [0.5, 0.6) is 0 Å². The van der Waals surface area contributed by atoms with Gasteiger partial charge >= 0.3 is 0 Å². The summed E-state index contributed by atoms with van der Waals surface area (Å²) in [7, 11) is 0. The molecule has 2 aromatic rings. The molecule has 2 aromatic heterocycles. The number of rotatable bonds is 5. The van der Waals surface area contributed by atoms with Gasteiger partial charge in [0.25, 0.3) is 0 Å². The predicted molar refractivity (Wildman–Crippen MR) is 93.1 cm³/mol. The molecule has 7 nitrogen and oxygen atoms in total. The molecule has 0 spiro atoms. The summed E-state index contributed by atoms with van der Waals surface area (Å²) in [6, 6.07) is 0. The van der Waals surface area contributed by atoms with Crippen LogP contribution in [-0.2, 0) is 16.6 Å². The smallest absolute Gasteiger partial charge is 0.226 e. The van der Waals surface area contributed by atoms with E-state index in [9.17, 15) is 4.79 Å². The molecular formula is C17H22N6OS. The highest BCUT2D eigenvalue weighted by Gasteiger charge is 2.53. The first-order chi connectivity index (χ1) is 12.2. The molecule has 0 unspecified atom stereocenters. The number of nitrogens with one attached hydrogen (secondary N) is 2. The van der Waals surface area contributed by atoms with E-state index in [0.29, 0.717) is 18.0 Å². The Bertz CT molecular complexity index is 735. The molecule has 2 N–H and O–H groups in total. The summed E-state index contributed by atoms with van der Waals surface area (Å²) >= 11 is 1.58. The Morgan fingerprint density at radius 3 is 2.56 bits per heavy atom. The number of aromatic amines is 1. The van der Waals surface area contributed by atoms with Crippen molar-refractivity contribution in [2.45, 2.75) is 56.8 Å². The molecule has 0 aliphatic heterocycles. The molecule has 6 rings (SSSR count). The van der Waals surface area contributed by atoms with E-state index in [4.69, 9.17) is 0 Å². The zero-order valence-corrected chi connectivity index (χ0v) is 14.9. The summed E-state index contributed by atoms with van der Waals surface area (Å²) in [5, 5.41) is 20.0. The van der Waals surface area contributed by atoms with Crippen molar-refractivity contribution in [1.82, 2.24) is 25.4 Å². The molecule has 4 saturated carbocycles. The second-order valence-electron chi connectivity index (χ2n) is 8.09. The van der Waals surface area contributed by atoms with Gasteiger partial charge in [-0.2, -0.15) is 5.10 Å². The average molecular weight is 358 g/mol. The Hall–Kier alpha value is -1.83. The Morgan fingerprint density at radius 2 is 1.92 bits per heavy atom. The maximum Gasteiger partial charge on any atom is 0.226 e. The van der Waals surface area contributed by atoms with Crippen LogP contribution < -0.4 is 5.32 Å². The molecule has 132 valence electrons. The van der Waals surface area contributed by atoms with Gasteiger partial charge in [0.15, 0.2) is 0 Å². The van der Waals surface area contributed by atoms with E-state index in [2.05, 4.69) is 30.7 Å². The molecule has 4 bridgehead atoms. The number of carbonyl (C=O) groups is 1. The zero-order chi connectivity index (χ0) is 16.9. The molecule has 0 atom stereocenters. The van der Waals surface area contributed by atoms with Crippen molar-refractivity contribution >= 4 is 22.4 Å². The second kappa shape index (κ2) is 5.86. The lowest BCUT2D eigenvalue weighted by Gasteiger charge is -2.55. The van der Waals surface area contributed by atoms with Gasteiger partial charge in [0.1, 0.15) is 17.2 Å². The summed E-state index contributed by atoms with van der Waals surface area (Å²) < 4.78 is 0. The van der Waals surface area contributed by atoms with Crippen LogP contribution in [0.2, 0.25) is 0 Å². The van der Waals surface area contributed by atoms with Crippen LogP contribution in [0.3, 0.4) is 0 Å². The van der Waals surface area contributed by atoms with Crippen molar-refractivity contribution in [3.63, 3.8) is 0 Å². The number of H-pyrrole nitrogens is 1. The molecule has 4 aliphatic rings. The monoisotopic (exact) mass is 358 g/mol. The van der Waals surface area contributed by atoms with Crippen molar-refractivity contribution in [1.29, 1.82) is 0 Å². The lowest BCUT2D eigenvalue weighted by atomic mass is 9.50. The molecule has 0 saturated heterocycles. The van der Waals surface area contributed by atoms with Crippen molar-refractivity contribution in [2.75, 3.05) is 5.32 Å². The molecule has 25 heavy (non-hydrogen) atoms. The highest BCUT2D eigenvalue weighted by atomic mass is 32.1. The van der Waals surface area contributed by atoms with Crippen LogP contribution in [0.4, 0.5) is 5.13 Å². The fourth-order valence-corrected chi connectivity index (χ4v) is 6.60. The molecule has 2 heterocycles. The van der Waals surface area contributed by atoms with Crippen LogP contribution in [0.1, 0.15) is 55.8 Å². The SMILES string of the molecule is O=C(CCc1ncn[nH]1)Nc1nnc(C23CC4CC(CC(C4)C2)C3)s1. The third-order valence-electron chi connectivity index (χ3n) is 6.22. The van der Waals surface area contributed by atoms with Gasteiger partial charge in [-0.05, 0) is 56.3 Å². The number of amides is 1. The van der Waals surface area contributed by atoms with E-state index in [-0.39, 0.29) is 11.3 Å². The third-order valence-corrected chi connectivity index (χ3v) is 7.30. The topological polar surface area (TPSA) is 96.5 Å². The number of aryl methyl sites for hydroxylation is 1. The predicted octanol–water partition coefficient (Wildman–Crippen LogP) is 2.70. The molecular weight excluding hydrogens is 336 g/mol. The van der Waals surface area contributed by atoms with Gasteiger partial charge in [0.2, 0.25) is 11.0 Å². The Labute approximate surface area is 150 Å². The summed E-state index contributed by atoms with van der Waals surface area (Å²) in [4.78, 5) is 16.2. The number of aromatic nitrogens is 5. The highest BCUT2D eigenvalue weighted by Crippen LogP contribution is 2.61. The van der Waals surface area contributed by atoms with Crippen LogP contribution in [0, 0.1) is 17.8 Å². The first kappa shape index (κ1) is 15.4. The first-order valence-electron chi connectivity index (χ1n) is 9.17. The first-order valence-corrected chi connectivity index (χ1v) is 9.98. The van der Waals surface area contributed by atoms with Crippen molar-refractivity contribution in [3.05, 3.63) is 17.2 Å². The van der Waals surface area contributed by atoms with Gasteiger partial charge in [-0.3, -0.25) is 9.89 Å². The van der Waals surface area contributed by atoms with Gasteiger partial charge < -0.3 is 5.32 Å². The lowest BCUT2D eigenvalue weighted by Crippen LogP contribution is -2.48. The number of hydrogen-bond acceptors (Lipinski definition) is 6. The molecule has 0 aromatic carbocycles. The maximum absolute atomic E-state index is 12.1. The normalized spacial score (nSPS) is 32.9. The van der Waals surface area contributed by atoms with E-state index >= 15 is 0 Å². The minimum atomic E-state index is -0.0513. The third kappa shape index (κ3) is 2.86. The molecule has 4 aliphatic carbocycles. The van der Waals surface area contributed by atoms with Crippen molar-refractivity contribution in [3.8, 4) is 0 Å². The van der Waals surface area contributed by atoms with Gasteiger partial charge in [-0.15, -0.1) is 10.2 Å². The maximum atomic E-state index is 12.1. The largest absolute Gasteiger partial charge is 0.301 e. The summed E-state index contributed by atoms with van der Waals surface area (Å²) in [5.74, 6) is 3.33.